The quantitative estimate of drug-likeness (QED) is 0.636. The van der Waals surface area contributed by atoms with Gasteiger partial charge in [0.25, 0.3) is 5.56 Å². The number of rotatable bonds is 4. The number of nitrogens with one attached hydrogen (secondary N) is 1. The number of hydrogen-bond acceptors (Lipinski definition) is 6. The van der Waals surface area contributed by atoms with Crippen molar-refractivity contribution in [2.75, 3.05) is 5.73 Å². The number of nitrogens with two attached hydrogens (primary N) is 1. The van der Waals surface area contributed by atoms with Gasteiger partial charge in [0.2, 0.25) is 0 Å². The molecular formula is C11H13N5OS. The summed E-state index contributed by atoms with van der Waals surface area (Å²) in [6, 6.07) is 3.03. The van der Waals surface area contributed by atoms with Gasteiger partial charge in [-0.1, -0.05) is 6.92 Å². The molecule has 0 unspecified atom stereocenters. The van der Waals surface area contributed by atoms with Crippen molar-refractivity contribution in [2.45, 2.75) is 29.9 Å². The fraction of sp³-hybridized carbons (Fsp3) is 0.273. The zero-order chi connectivity index (χ0) is 13.0. The first-order chi connectivity index (χ1) is 8.67. The third-order valence-corrected chi connectivity index (χ3v) is 2.91. The Kier molecular flexibility index (Phi) is 3.93. The first-order valence-electron chi connectivity index (χ1n) is 5.54. The molecule has 2 aromatic rings. The van der Waals surface area contributed by atoms with Crippen LogP contribution in [0.1, 0.15) is 19.2 Å². The summed E-state index contributed by atoms with van der Waals surface area (Å²) in [5.74, 6) is 1.13. The Morgan fingerprint density at radius 2 is 2.28 bits per heavy atom. The van der Waals surface area contributed by atoms with E-state index in [2.05, 4.69) is 26.9 Å². The van der Waals surface area contributed by atoms with Crippen LogP contribution in [0.25, 0.3) is 0 Å². The summed E-state index contributed by atoms with van der Waals surface area (Å²) >= 11 is 1.26. The van der Waals surface area contributed by atoms with Crippen molar-refractivity contribution in [1.29, 1.82) is 0 Å². The van der Waals surface area contributed by atoms with Crippen LogP contribution < -0.4 is 11.3 Å². The van der Waals surface area contributed by atoms with Crippen LogP contribution in [0.2, 0.25) is 0 Å². The largest absolute Gasteiger partial charge is 0.384 e. The summed E-state index contributed by atoms with van der Waals surface area (Å²) < 4.78 is 0. The molecule has 0 aliphatic rings. The van der Waals surface area contributed by atoms with Crippen LogP contribution in [0.15, 0.2) is 33.3 Å². The number of H-pyrrole nitrogens is 1. The highest BCUT2D eigenvalue weighted by molar-refractivity contribution is 7.99. The number of aryl methyl sites for hydroxylation is 1. The molecule has 2 aromatic heterocycles. The summed E-state index contributed by atoms with van der Waals surface area (Å²) in [6.07, 6.45) is 3.18. The van der Waals surface area contributed by atoms with E-state index in [1.165, 1.54) is 24.0 Å². The zero-order valence-corrected chi connectivity index (χ0v) is 10.7. The number of anilines is 1. The molecule has 0 saturated heterocycles. The maximum atomic E-state index is 11.2. The molecule has 94 valence electrons. The van der Waals surface area contributed by atoms with Crippen molar-refractivity contribution in [2.24, 2.45) is 0 Å². The SMILES string of the molecule is CCCc1nc(N)cc(Sc2nccc(=O)[nH]2)n1. The fourth-order valence-electron chi connectivity index (χ4n) is 1.38. The molecule has 0 fully saturated rings. The molecule has 3 N–H and O–H groups in total. The highest BCUT2D eigenvalue weighted by atomic mass is 32.2. The number of nitrogen functional groups attached to an aromatic ring is 1. The van der Waals surface area contributed by atoms with Gasteiger partial charge in [-0.05, 0) is 18.2 Å². The molecular weight excluding hydrogens is 250 g/mol. The van der Waals surface area contributed by atoms with Crippen molar-refractivity contribution in [3.63, 3.8) is 0 Å². The normalized spacial score (nSPS) is 10.5. The van der Waals surface area contributed by atoms with Gasteiger partial charge in [0.15, 0.2) is 5.16 Å². The monoisotopic (exact) mass is 263 g/mol. The number of nitrogens with zero attached hydrogens (tertiary/aromatic N) is 3. The molecule has 0 radical (unpaired) electrons. The number of hydrogen-bond donors (Lipinski definition) is 2. The van der Waals surface area contributed by atoms with Gasteiger partial charge in [-0.3, -0.25) is 4.79 Å². The number of aromatic nitrogens is 4. The van der Waals surface area contributed by atoms with E-state index in [4.69, 9.17) is 5.73 Å². The molecule has 0 aliphatic carbocycles. The van der Waals surface area contributed by atoms with Gasteiger partial charge in [0, 0.05) is 24.8 Å². The average Bonchev–Trinajstić information content (AvgIpc) is 2.28. The van der Waals surface area contributed by atoms with Crippen molar-refractivity contribution in [1.82, 2.24) is 19.9 Å². The lowest BCUT2D eigenvalue weighted by Gasteiger charge is -2.04. The molecule has 0 aromatic carbocycles. The second-order valence-electron chi connectivity index (χ2n) is 3.64. The topological polar surface area (TPSA) is 97.5 Å². The second kappa shape index (κ2) is 5.63. The second-order valence-corrected chi connectivity index (χ2v) is 4.65. The van der Waals surface area contributed by atoms with Crippen LogP contribution in [0, 0.1) is 0 Å². The number of aromatic amines is 1. The van der Waals surface area contributed by atoms with Crippen molar-refractivity contribution < 1.29 is 0 Å². The summed E-state index contributed by atoms with van der Waals surface area (Å²) in [5.41, 5.74) is 5.53. The Morgan fingerprint density at radius 1 is 1.44 bits per heavy atom. The van der Waals surface area contributed by atoms with E-state index < -0.39 is 0 Å². The van der Waals surface area contributed by atoms with Crippen LogP contribution in [0.4, 0.5) is 5.82 Å². The molecule has 0 spiro atoms. The Hall–Kier alpha value is -1.89. The van der Waals surface area contributed by atoms with Crippen LogP contribution in [0.5, 0.6) is 0 Å². The van der Waals surface area contributed by atoms with E-state index in [1.807, 2.05) is 0 Å². The van der Waals surface area contributed by atoms with Crippen molar-refractivity contribution in [3.05, 3.63) is 34.5 Å². The third-order valence-electron chi connectivity index (χ3n) is 2.09. The lowest BCUT2D eigenvalue weighted by atomic mass is 10.3. The van der Waals surface area contributed by atoms with Gasteiger partial charge in [-0.25, -0.2) is 15.0 Å². The fourth-order valence-corrected chi connectivity index (χ4v) is 2.18. The minimum Gasteiger partial charge on any atom is -0.384 e. The molecule has 6 nitrogen and oxygen atoms in total. The van der Waals surface area contributed by atoms with E-state index in [1.54, 1.807) is 6.07 Å². The lowest BCUT2D eigenvalue weighted by molar-refractivity contribution is 0.811. The smallest absolute Gasteiger partial charge is 0.251 e. The summed E-state index contributed by atoms with van der Waals surface area (Å²) in [7, 11) is 0. The van der Waals surface area contributed by atoms with Gasteiger partial charge in [-0.2, -0.15) is 0 Å². The van der Waals surface area contributed by atoms with Gasteiger partial charge >= 0.3 is 0 Å². The zero-order valence-electron chi connectivity index (χ0n) is 9.88. The Balaban J connectivity index is 2.25. The van der Waals surface area contributed by atoms with Gasteiger partial charge in [-0.15, -0.1) is 0 Å². The maximum absolute atomic E-state index is 11.2. The van der Waals surface area contributed by atoms with E-state index in [9.17, 15) is 4.79 Å². The molecule has 0 amide bonds. The Labute approximate surface area is 108 Å². The van der Waals surface area contributed by atoms with Gasteiger partial charge in [0.1, 0.15) is 16.7 Å². The Morgan fingerprint density at radius 3 is 3.00 bits per heavy atom. The van der Waals surface area contributed by atoms with Crippen molar-refractivity contribution in [3.8, 4) is 0 Å². The molecule has 0 saturated carbocycles. The summed E-state index contributed by atoms with van der Waals surface area (Å²) in [4.78, 5) is 26.3. The molecule has 0 bridgehead atoms. The minimum absolute atomic E-state index is 0.191. The first kappa shape index (κ1) is 12.6. The van der Waals surface area contributed by atoms with Crippen LogP contribution >= 0.6 is 11.8 Å². The summed E-state index contributed by atoms with van der Waals surface area (Å²) in [5, 5.41) is 1.17. The predicted molar refractivity (Wildman–Crippen MR) is 69.4 cm³/mol. The van der Waals surface area contributed by atoms with E-state index >= 15 is 0 Å². The van der Waals surface area contributed by atoms with Gasteiger partial charge in [0.05, 0.1) is 0 Å². The molecule has 2 heterocycles. The molecule has 18 heavy (non-hydrogen) atoms. The van der Waals surface area contributed by atoms with E-state index in [0.717, 1.165) is 12.8 Å². The molecule has 0 aliphatic heterocycles. The van der Waals surface area contributed by atoms with E-state index in [-0.39, 0.29) is 5.56 Å². The molecule has 0 atom stereocenters. The standard InChI is InChI=1S/C11H13N5OS/c1-2-3-8-14-7(12)6-10(15-8)18-11-13-5-4-9(17)16-11/h4-6H,2-3H2,1H3,(H2,12,14,15)(H,13,16,17). The molecule has 7 heteroatoms. The third kappa shape index (κ3) is 3.30. The van der Waals surface area contributed by atoms with Crippen LogP contribution in [-0.2, 0) is 6.42 Å². The van der Waals surface area contributed by atoms with Crippen LogP contribution in [-0.4, -0.2) is 19.9 Å². The highest BCUT2D eigenvalue weighted by Crippen LogP contribution is 2.22. The summed E-state index contributed by atoms with van der Waals surface area (Å²) in [6.45, 7) is 2.05. The van der Waals surface area contributed by atoms with Gasteiger partial charge < -0.3 is 10.7 Å². The van der Waals surface area contributed by atoms with Crippen molar-refractivity contribution >= 4 is 17.6 Å². The maximum Gasteiger partial charge on any atom is 0.251 e. The Bertz CT molecular complexity index is 598. The predicted octanol–water partition coefficient (Wildman–Crippen LogP) is 1.25. The first-order valence-corrected chi connectivity index (χ1v) is 6.35. The lowest BCUT2D eigenvalue weighted by Crippen LogP contribution is -2.06. The van der Waals surface area contributed by atoms with Crippen LogP contribution in [0.3, 0.4) is 0 Å². The van der Waals surface area contributed by atoms with E-state index in [0.29, 0.717) is 21.8 Å². The average molecular weight is 263 g/mol. The minimum atomic E-state index is -0.191. The highest BCUT2D eigenvalue weighted by Gasteiger charge is 2.05. The molecule has 2 rings (SSSR count).